The molecule has 27 heavy (non-hydrogen) atoms. The molecule has 0 unspecified atom stereocenters. The van der Waals surface area contributed by atoms with Crippen LogP contribution in [-0.2, 0) is 0 Å². The van der Waals surface area contributed by atoms with Crippen LogP contribution in [-0.4, -0.2) is 31.3 Å². The lowest BCUT2D eigenvalue weighted by Crippen LogP contribution is -2.03. The molecule has 2 N–H and O–H groups in total. The summed E-state index contributed by atoms with van der Waals surface area (Å²) in [5.41, 5.74) is 2.41. The van der Waals surface area contributed by atoms with Gasteiger partial charge in [0.25, 0.3) is 0 Å². The smallest absolute Gasteiger partial charge is 0.229 e. The van der Waals surface area contributed by atoms with E-state index in [0.717, 1.165) is 28.6 Å². The molecule has 0 aliphatic carbocycles. The van der Waals surface area contributed by atoms with Crippen molar-refractivity contribution in [2.45, 2.75) is 6.92 Å². The van der Waals surface area contributed by atoms with Gasteiger partial charge in [-0.3, -0.25) is 0 Å². The predicted octanol–water partition coefficient (Wildman–Crippen LogP) is 4.30. The number of rotatable bonds is 7. The van der Waals surface area contributed by atoms with Gasteiger partial charge in [-0.1, -0.05) is 6.07 Å². The first kappa shape index (κ1) is 18.3. The fourth-order valence-electron chi connectivity index (χ4n) is 2.57. The average molecular weight is 366 g/mol. The molecule has 1 aromatic heterocycles. The largest absolute Gasteiger partial charge is 0.497 e. The fraction of sp³-hybridized carbons (Fsp3) is 0.200. The zero-order chi connectivity index (χ0) is 19.2. The summed E-state index contributed by atoms with van der Waals surface area (Å²) in [5.74, 6) is 3.28. The van der Waals surface area contributed by atoms with Crippen LogP contribution in [0.2, 0.25) is 0 Å². The Hall–Kier alpha value is -3.48. The van der Waals surface area contributed by atoms with Gasteiger partial charge in [0.1, 0.15) is 23.1 Å². The van der Waals surface area contributed by atoms with Crippen LogP contribution in [0.3, 0.4) is 0 Å². The van der Waals surface area contributed by atoms with Crippen LogP contribution in [0.5, 0.6) is 17.2 Å². The van der Waals surface area contributed by atoms with E-state index >= 15 is 0 Å². The van der Waals surface area contributed by atoms with Crippen LogP contribution in [0.15, 0.2) is 48.5 Å². The molecule has 0 saturated heterocycles. The van der Waals surface area contributed by atoms with Gasteiger partial charge in [-0.25, -0.2) is 4.98 Å². The molecule has 3 aromatic rings. The minimum atomic E-state index is 0.479. The van der Waals surface area contributed by atoms with Crippen molar-refractivity contribution >= 4 is 23.1 Å². The first-order valence-electron chi connectivity index (χ1n) is 8.37. The maximum atomic E-state index is 5.41. The van der Waals surface area contributed by atoms with Crippen molar-refractivity contribution in [3.8, 4) is 17.2 Å². The molecule has 0 radical (unpaired) electrons. The quantitative estimate of drug-likeness (QED) is 0.645. The molecule has 140 valence electrons. The number of hydrogen-bond acceptors (Lipinski definition) is 7. The maximum absolute atomic E-state index is 5.41. The Balaban J connectivity index is 1.87. The van der Waals surface area contributed by atoms with Crippen molar-refractivity contribution in [2.24, 2.45) is 0 Å². The van der Waals surface area contributed by atoms with E-state index in [-0.39, 0.29) is 0 Å². The molecule has 7 heteroatoms. The average Bonchev–Trinajstić information content (AvgIpc) is 2.67. The third-order valence-electron chi connectivity index (χ3n) is 3.85. The summed E-state index contributed by atoms with van der Waals surface area (Å²) in [5, 5.41) is 6.47. The highest BCUT2D eigenvalue weighted by Gasteiger charge is 2.09. The van der Waals surface area contributed by atoms with Gasteiger partial charge in [-0.2, -0.15) is 4.98 Å². The highest BCUT2D eigenvalue weighted by Crippen LogP contribution is 2.31. The van der Waals surface area contributed by atoms with E-state index in [9.17, 15) is 0 Å². The number of nitrogens with one attached hydrogen (secondary N) is 2. The minimum Gasteiger partial charge on any atom is -0.497 e. The first-order chi connectivity index (χ1) is 13.1. The summed E-state index contributed by atoms with van der Waals surface area (Å²) in [6.07, 6.45) is 0. The van der Waals surface area contributed by atoms with Crippen molar-refractivity contribution in [3.63, 3.8) is 0 Å². The van der Waals surface area contributed by atoms with Gasteiger partial charge in [0.15, 0.2) is 0 Å². The van der Waals surface area contributed by atoms with Crippen LogP contribution in [0.1, 0.15) is 5.69 Å². The van der Waals surface area contributed by atoms with E-state index in [1.165, 1.54) is 0 Å². The second-order valence-corrected chi connectivity index (χ2v) is 5.77. The lowest BCUT2D eigenvalue weighted by molar-refractivity contribution is 0.405. The van der Waals surface area contributed by atoms with Crippen LogP contribution >= 0.6 is 0 Å². The SMILES string of the molecule is COc1cccc(Nc2nc(C)cc(Nc3cc(OC)ccc3OC)n2)c1. The zero-order valence-corrected chi connectivity index (χ0v) is 15.7. The third kappa shape index (κ3) is 4.58. The van der Waals surface area contributed by atoms with Crippen LogP contribution in [0.25, 0.3) is 0 Å². The van der Waals surface area contributed by atoms with Crippen molar-refractivity contribution in [2.75, 3.05) is 32.0 Å². The molecular formula is C20H22N4O3. The summed E-state index contributed by atoms with van der Waals surface area (Å²) < 4.78 is 15.9. The van der Waals surface area contributed by atoms with E-state index in [2.05, 4.69) is 20.6 Å². The Morgan fingerprint density at radius 2 is 1.56 bits per heavy atom. The van der Waals surface area contributed by atoms with Gasteiger partial charge in [0.05, 0.1) is 27.0 Å². The van der Waals surface area contributed by atoms with Crippen molar-refractivity contribution in [3.05, 3.63) is 54.2 Å². The molecule has 2 aromatic carbocycles. The molecule has 1 heterocycles. The summed E-state index contributed by atoms with van der Waals surface area (Å²) in [6.45, 7) is 1.91. The van der Waals surface area contributed by atoms with Crippen molar-refractivity contribution < 1.29 is 14.2 Å². The second-order valence-electron chi connectivity index (χ2n) is 5.77. The van der Waals surface area contributed by atoms with Crippen molar-refractivity contribution in [1.29, 1.82) is 0 Å². The van der Waals surface area contributed by atoms with Crippen LogP contribution < -0.4 is 24.8 Å². The van der Waals surface area contributed by atoms with E-state index in [0.29, 0.717) is 17.5 Å². The standard InChI is InChI=1S/C20H22N4O3/c1-13-10-19(23-17-12-16(26-3)8-9-18(17)27-4)24-20(21-13)22-14-6-5-7-15(11-14)25-2/h5-12H,1-4H3,(H2,21,22,23,24). The summed E-state index contributed by atoms with van der Waals surface area (Å²) in [7, 11) is 4.87. The van der Waals surface area contributed by atoms with Crippen molar-refractivity contribution in [1.82, 2.24) is 9.97 Å². The molecule has 7 nitrogen and oxygen atoms in total. The first-order valence-corrected chi connectivity index (χ1v) is 8.37. The second kappa shape index (κ2) is 8.27. The number of aryl methyl sites for hydroxylation is 1. The van der Waals surface area contributed by atoms with Gasteiger partial charge in [-0.15, -0.1) is 0 Å². The third-order valence-corrected chi connectivity index (χ3v) is 3.85. The van der Waals surface area contributed by atoms with Crippen LogP contribution in [0.4, 0.5) is 23.1 Å². The van der Waals surface area contributed by atoms with Crippen LogP contribution in [0, 0.1) is 6.92 Å². The van der Waals surface area contributed by atoms with Gasteiger partial charge in [0.2, 0.25) is 5.95 Å². The van der Waals surface area contributed by atoms with E-state index in [1.54, 1.807) is 21.3 Å². The van der Waals surface area contributed by atoms with Gasteiger partial charge in [-0.05, 0) is 31.2 Å². The van der Waals surface area contributed by atoms with Gasteiger partial charge >= 0.3 is 0 Å². The number of anilines is 4. The topological polar surface area (TPSA) is 77.5 Å². The Morgan fingerprint density at radius 3 is 2.30 bits per heavy atom. The number of hydrogen-bond donors (Lipinski definition) is 2. The molecule has 0 fully saturated rings. The van der Waals surface area contributed by atoms with Gasteiger partial charge in [0, 0.05) is 29.6 Å². The Labute approximate surface area is 158 Å². The molecule has 0 bridgehead atoms. The lowest BCUT2D eigenvalue weighted by atomic mass is 10.2. The highest BCUT2D eigenvalue weighted by atomic mass is 16.5. The maximum Gasteiger partial charge on any atom is 0.229 e. The molecule has 0 aliphatic heterocycles. The molecule has 3 rings (SSSR count). The minimum absolute atomic E-state index is 0.479. The number of benzene rings is 2. The van der Waals surface area contributed by atoms with E-state index in [4.69, 9.17) is 14.2 Å². The molecule has 0 atom stereocenters. The molecule has 0 aliphatic rings. The highest BCUT2D eigenvalue weighted by molar-refractivity contribution is 5.67. The number of ether oxygens (including phenoxy) is 3. The number of aromatic nitrogens is 2. The fourth-order valence-corrected chi connectivity index (χ4v) is 2.57. The Bertz CT molecular complexity index is 931. The monoisotopic (exact) mass is 366 g/mol. The molecular weight excluding hydrogens is 344 g/mol. The number of nitrogens with zero attached hydrogens (tertiary/aromatic N) is 2. The lowest BCUT2D eigenvalue weighted by Gasteiger charge is -2.14. The van der Waals surface area contributed by atoms with E-state index < -0.39 is 0 Å². The summed E-state index contributed by atoms with van der Waals surface area (Å²) >= 11 is 0. The van der Waals surface area contributed by atoms with E-state index in [1.807, 2.05) is 55.5 Å². The molecule has 0 saturated carbocycles. The number of methoxy groups -OCH3 is 3. The normalized spacial score (nSPS) is 10.2. The summed E-state index contributed by atoms with van der Waals surface area (Å²) in [6, 6.07) is 15.0. The molecule has 0 spiro atoms. The predicted molar refractivity (Wildman–Crippen MR) is 106 cm³/mol. The Kier molecular flexibility index (Phi) is 5.61. The summed E-state index contributed by atoms with van der Waals surface area (Å²) in [4.78, 5) is 8.98. The Morgan fingerprint density at radius 1 is 0.778 bits per heavy atom. The van der Waals surface area contributed by atoms with Gasteiger partial charge < -0.3 is 24.8 Å². The zero-order valence-electron chi connectivity index (χ0n) is 15.7. The molecule has 0 amide bonds.